The zero-order valence-electron chi connectivity index (χ0n) is 10.6. The van der Waals surface area contributed by atoms with Gasteiger partial charge in [0.2, 0.25) is 10.0 Å². The summed E-state index contributed by atoms with van der Waals surface area (Å²) >= 11 is 2.81. The van der Waals surface area contributed by atoms with Crippen molar-refractivity contribution in [2.45, 2.75) is 31.8 Å². The van der Waals surface area contributed by atoms with Gasteiger partial charge in [0.05, 0.1) is 6.54 Å². The summed E-state index contributed by atoms with van der Waals surface area (Å²) in [6.45, 7) is 4.09. The Morgan fingerprint density at radius 1 is 1.32 bits per heavy atom. The maximum atomic E-state index is 12.3. The van der Waals surface area contributed by atoms with Gasteiger partial charge in [-0.2, -0.15) is 0 Å². The minimum absolute atomic E-state index is 0.208. The van der Waals surface area contributed by atoms with Crippen molar-refractivity contribution in [3.8, 4) is 0 Å². The fourth-order valence-electron chi connectivity index (χ4n) is 1.70. The number of nitrogens with one attached hydrogen (secondary N) is 1. The van der Waals surface area contributed by atoms with Crippen molar-refractivity contribution in [1.82, 2.24) is 9.71 Å². The van der Waals surface area contributed by atoms with Gasteiger partial charge < -0.3 is 5.73 Å². The van der Waals surface area contributed by atoms with Gasteiger partial charge in [0, 0.05) is 22.5 Å². The second-order valence-corrected chi connectivity index (χ2v) is 7.69. The van der Waals surface area contributed by atoms with Crippen LogP contribution in [0, 0.1) is 13.8 Å². The summed E-state index contributed by atoms with van der Waals surface area (Å²) in [5.41, 5.74) is 7.21. The average molecular weight is 317 g/mol. The number of hydrogen-bond acceptors (Lipinski definition) is 6. The van der Waals surface area contributed by atoms with Gasteiger partial charge in [0.25, 0.3) is 0 Å². The summed E-state index contributed by atoms with van der Waals surface area (Å²) < 4.78 is 27.2. The van der Waals surface area contributed by atoms with Crippen LogP contribution in [0.3, 0.4) is 0 Å². The molecule has 3 N–H and O–H groups in total. The molecule has 0 atom stereocenters. The van der Waals surface area contributed by atoms with Crippen molar-refractivity contribution in [3.05, 3.63) is 31.9 Å². The van der Waals surface area contributed by atoms with Crippen LogP contribution < -0.4 is 10.5 Å². The third kappa shape index (κ3) is 3.21. The molecule has 2 rings (SSSR count). The predicted octanol–water partition coefficient (Wildman–Crippen LogP) is 1.76. The zero-order chi connectivity index (χ0) is 14.0. The topological polar surface area (TPSA) is 85.1 Å². The van der Waals surface area contributed by atoms with Crippen LogP contribution >= 0.6 is 22.7 Å². The van der Waals surface area contributed by atoms with Crippen LogP contribution in [0.5, 0.6) is 0 Å². The molecule has 0 aliphatic rings. The van der Waals surface area contributed by atoms with E-state index in [9.17, 15) is 8.42 Å². The third-order valence-corrected chi connectivity index (χ3v) is 6.38. The lowest BCUT2D eigenvalue weighted by molar-refractivity contribution is 0.580. The first-order chi connectivity index (χ1) is 8.94. The van der Waals surface area contributed by atoms with Crippen LogP contribution in [-0.2, 0) is 23.1 Å². The van der Waals surface area contributed by atoms with Gasteiger partial charge >= 0.3 is 0 Å². The second kappa shape index (κ2) is 5.68. The highest BCUT2D eigenvalue weighted by atomic mass is 32.2. The van der Waals surface area contributed by atoms with Crippen LogP contribution in [0.15, 0.2) is 15.7 Å². The molecule has 2 heterocycles. The minimum atomic E-state index is -3.53. The number of rotatable bonds is 5. The Kier molecular flexibility index (Phi) is 4.36. The SMILES string of the molecule is Cc1csc(CNS(=O)(=O)c2c(C)csc2CN)n1. The Morgan fingerprint density at radius 2 is 2.05 bits per heavy atom. The third-order valence-electron chi connectivity index (χ3n) is 2.52. The number of hydrogen-bond donors (Lipinski definition) is 2. The summed E-state index contributed by atoms with van der Waals surface area (Å²) in [7, 11) is -3.53. The molecule has 0 saturated heterocycles. The Balaban J connectivity index is 2.20. The molecule has 5 nitrogen and oxygen atoms in total. The highest BCUT2D eigenvalue weighted by Crippen LogP contribution is 2.26. The lowest BCUT2D eigenvalue weighted by Crippen LogP contribution is -2.24. The van der Waals surface area contributed by atoms with E-state index in [1.807, 2.05) is 17.7 Å². The Hall–Kier alpha value is -0.800. The summed E-state index contributed by atoms with van der Waals surface area (Å²) in [5.74, 6) is 0. The van der Waals surface area contributed by atoms with E-state index in [-0.39, 0.29) is 13.1 Å². The molecule has 0 saturated carbocycles. The van der Waals surface area contributed by atoms with Crippen molar-refractivity contribution in [2.24, 2.45) is 5.73 Å². The van der Waals surface area contributed by atoms with Crippen LogP contribution in [0.4, 0.5) is 0 Å². The minimum Gasteiger partial charge on any atom is -0.326 e. The molecular formula is C11H15N3O2S3. The van der Waals surface area contributed by atoms with Crippen LogP contribution in [0.25, 0.3) is 0 Å². The van der Waals surface area contributed by atoms with Crippen LogP contribution in [-0.4, -0.2) is 13.4 Å². The summed E-state index contributed by atoms with van der Waals surface area (Å²) in [6, 6.07) is 0. The smallest absolute Gasteiger partial charge is 0.242 e. The van der Waals surface area contributed by atoms with Gasteiger partial charge in [0.1, 0.15) is 9.90 Å². The van der Waals surface area contributed by atoms with Crippen LogP contribution in [0.2, 0.25) is 0 Å². The van der Waals surface area contributed by atoms with Gasteiger partial charge in [-0.1, -0.05) is 0 Å². The molecule has 104 valence electrons. The fourth-order valence-corrected chi connectivity index (χ4v) is 5.19. The molecule has 8 heteroatoms. The summed E-state index contributed by atoms with van der Waals surface area (Å²) in [6.07, 6.45) is 0. The monoisotopic (exact) mass is 317 g/mol. The summed E-state index contributed by atoms with van der Waals surface area (Å²) in [5, 5.41) is 4.46. The van der Waals surface area contributed by atoms with Crippen molar-refractivity contribution in [3.63, 3.8) is 0 Å². The van der Waals surface area contributed by atoms with Gasteiger partial charge in [-0.3, -0.25) is 0 Å². The van der Waals surface area contributed by atoms with E-state index in [1.165, 1.54) is 22.7 Å². The second-order valence-electron chi connectivity index (χ2n) is 4.08. The quantitative estimate of drug-likeness (QED) is 0.880. The van der Waals surface area contributed by atoms with E-state index in [0.29, 0.717) is 9.77 Å². The first kappa shape index (κ1) is 14.6. The van der Waals surface area contributed by atoms with Crippen molar-refractivity contribution in [2.75, 3.05) is 0 Å². The number of sulfonamides is 1. The number of thiophene rings is 1. The van der Waals surface area contributed by atoms with Gasteiger partial charge in [-0.15, -0.1) is 22.7 Å². The first-order valence-corrected chi connectivity index (χ1v) is 8.86. The molecule has 0 aliphatic heterocycles. The molecule has 0 amide bonds. The first-order valence-electron chi connectivity index (χ1n) is 5.61. The molecule has 0 spiro atoms. The lowest BCUT2D eigenvalue weighted by Gasteiger charge is -2.07. The lowest BCUT2D eigenvalue weighted by atomic mass is 10.3. The normalized spacial score (nSPS) is 11.9. The number of nitrogens with zero attached hydrogens (tertiary/aromatic N) is 1. The molecule has 19 heavy (non-hydrogen) atoms. The van der Waals surface area contributed by atoms with Crippen molar-refractivity contribution >= 4 is 32.7 Å². The number of aromatic nitrogens is 1. The van der Waals surface area contributed by atoms with E-state index in [0.717, 1.165) is 16.3 Å². The van der Waals surface area contributed by atoms with Gasteiger partial charge in [-0.25, -0.2) is 18.1 Å². The zero-order valence-corrected chi connectivity index (χ0v) is 13.1. The molecule has 0 aromatic carbocycles. The Bertz CT molecular complexity index is 673. The van der Waals surface area contributed by atoms with E-state index < -0.39 is 10.0 Å². The van der Waals surface area contributed by atoms with E-state index in [1.54, 1.807) is 6.92 Å². The number of aryl methyl sites for hydroxylation is 2. The average Bonchev–Trinajstić information content (AvgIpc) is 2.93. The van der Waals surface area contributed by atoms with Gasteiger partial charge in [-0.05, 0) is 24.8 Å². The summed E-state index contributed by atoms with van der Waals surface area (Å²) in [4.78, 5) is 5.22. The van der Waals surface area contributed by atoms with Crippen molar-refractivity contribution < 1.29 is 8.42 Å². The maximum absolute atomic E-state index is 12.3. The molecule has 2 aromatic heterocycles. The van der Waals surface area contributed by atoms with E-state index >= 15 is 0 Å². The standard InChI is InChI=1S/C11H15N3O2S3/c1-7-5-17-9(3-12)11(7)19(15,16)13-4-10-14-8(2)6-18-10/h5-6,13H,3-4,12H2,1-2H3. The van der Waals surface area contributed by atoms with Crippen molar-refractivity contribution in [1.29, 1.82) is 0 Å². The molecular weight excluding hydrogens is 302 g/mol. The molecule has 0 unspecified atom stereocenters. The predicted molar refractivity (Wildman–Crippen MR) is 77.8 cm³/mol. The van der Waals surface area contributed by atoms with E-state index in [2.05, 4.69) is 9.71 Å². The largest absolute Gasteiger partial charge is 0.326 e. The Morgan fingerprint density at radius 3 is 2.63 bits per heavy atom. The number of nitrogens with two attached hydrogens (primary N) is 1. The fraction of sp³-hybridized carbons (Fsp3) is 0.364. The highest BCUT2D eigenvalue weighted by Gasteiger charge is 2.22. The molecule has 2 aromatic rings. The van der Waals surface area contributed by atoms with E-state index in [4.69, 9.17) is 5.73 Å². The number of thiazole rings is 1. The molecule has 0 radical (unpaired) electrons. The Labute approximate surface area is 120 Å². The van der Waals surface area contributed by atoms with Gasteiger partial charge in [0.15, 0.2) is 0 Å². The molecule has 0 fully saturated rings. The molecule has 0 bridgehead atoms. The highest BCUT2D eigenvalue weighted by molar-refractivity contribution is 7.89. The molecule has 0 aliphatic carbocycles. The van der Waals surface area contributed by atoms with Crippen LogP contribution in [0.1, 0.15) is 21.1 Å². The maximum Gasteiger partial charge on any atom is 0.242 e.